The first-order valence-corrected chi connectivity index (χ1v) is 33.6. The predicted molar refractivity (Wildman–Crippen MR) is 321 cm³/mol. The molecular formula is C48H38N16O24S6. The van der Waals surface area contributed by atoms with Gasteiger partial charge in [-0.1, -0.05) is 12.1 Å². The van der Waals surface area contributed by atoms with Crippen LogP contribution in [0.25, 0.3) is 21.5 Å². The third-order valence-electron chi connectivity index (χ3n) is 12.5. The fourth-order valence-corrected chi connectivity index (χ4v) is 12.2. The number of amides is 2. The Balaban J connectivity index is 0.926. The molecule has 9 aromatic rings. The molecule has 2 heterocycles. The molecule has 0 aliphatic rings. The zero-order chi connectivity index (χ0) is 68.9. The van der Waals surface area contributed by atoms with Crippen LogP contribution in [0.2, 0.25) is 0 Å². The molecule has 0 aliphatic heterocycles. The highest BCUT2D eigenvalue weighted by Gasteiger charge is 2.29. The van der Waals surface area contributed by atoms with Crippen molar-refractivity contribution in [2.75, 3.05) is 21.5 Å². The number of fused-ring (bicyclic) bond motifs is 2. The van der Waals surface area contributed by atoms with Gasteiger partial charge in [0.25, 0.3) is 72.5 Å². The maximum Gasteiger partial charge on any atom is 0.351 e. The normalized spacial score (nSPS) is 12.5. The van der Waals surface area contributed by atoms with E-state index in [0.29, 0.717) is 47.5 Å². The third-order valence-corrected chi connectivity index (χ3v) is 17.7. The zero-order valence-corrected chi connectivity index (χ0v) is 51.3. The Kier molecular flexibility index (Phi) is 17.9. The number of anilines is 6. The van der Waals surface area contributed by atoms with Crippen molar-refractivity contribution >= 4 is 152 Å². The molecule has 0 atom stereocenters. The molecule has 0 unspecified atom stereocenters. The Morgan fingerprint density at radius 2 is 0.766 bits per heavy atom. The van der Waals surface area contributed by atoms with Gasteiger partial charge in [0, 0.05) is 21.9 Å². The number of carbonyl (C=O) groups excluding carboxylic acids is 2. The lowest BCUT2D eigenvalue weighted by Crippen LogP contribution is -2.33. The largest absolute Gasteiger partial charge is 0.505 e. The number of benzene rings is 7. The Hall–Kier alpha value is -10.9. The lowest BCUT2D eigenvalue weighted by Gasteiger charge is -2.15. The molecular weight excluding hydrogens is 1380 g/mol. The molecule has 0 spiro atoms. The first-order chi connectivity index (χ1) is 43.6. The van der Waals surface area contributed by atoms with E-state index in [-0.39, 0.29) is 11.1 Å². The summed E-state index contributed by atoms with van der Waals surface area (Å²) in [5.41, 5.74) is 2.02. The number of rotatable bonds is 20. The average molecular weight is 1420 g/mol. The molecule has 46 heteroatoms. The number of aryl methyl sites for hydroxylation is 2. The predicted octanol–water partition coefficient (Wildman–Crippen LogP) is 4.29. The molecule has 2 aromatic heterocycles. The van der Waals surface area contributed by atoms with Crippen molar-refractivity contribution in [3.8, 4) is 11.5 Å². The summed E-state index contributed by atoms with van der Waals surface area (Å²) in [6, 6.07) is 14.9. The van der Waals surface area contributed by atoms with Gasteiger partial charge in [0.2, 0.25) is 23.8 Å². The van der Waals surface area contributed by atoms with E-state index in [0.717, 1.165) is 48.5 Å². The van der Waals surface area contributed by atoms with E-state index in [1.165, 1.54) is 26.0 Å². The summed E-state index contributed by atoms with van der Waals surface area (Å²) in [7, 11) is -31.2. The molecule has 0 saturated carbocycles. The van der Waals surface area contributed by atoms with E-state index in [4.69, 9.17) is 0 Å². The first-order valence-electron chi connectivity index (χ1n) is 24.9. The van der Waals surface area contributed by atoms with Gasteiger partial charge in [-0.05, 0) is 121 Å². The summed E-state index contributed by atoms with van der Waals surface area (Å²) in [5, 5.41) is 40.3. The number of nitrogens with one attached hydrogen (secondary N) is 8. The number of aromatic nitrogens is 6. The maximum absolute atomic E-state index is 13.2. The molecule has 0 fully saturated rings. The fraction of sp³-hybridized carbons (Fsp3) is 0.0417. The summed E-state index contributed by atoms with van der Waals surface area (Å²) >= 11 is 0. The summed E-state index contributed by atoms with van der Waals surface area (Å²) in [6.07, 6.45) is 0. The standard InChI is InChI=1S/C48H38N16O24S6/c1-19-3-9-27(31(11-19)91(77,78)79)57-59-37-33(93(83,84)85)15-23-13-25(89(71,72)73)17-29(35(23)39(37)65)49-43-51-45(55-47(69)53-43)63-61-41(67)21-5-7-22(8-6-21)42(68)62-64-46-52-44(54-48(70)56-46)50-30-18-26(90(74,75)76)14-24-16-34(94(86,87)88)38(40(66)36(24)30)60-58-28-10-4-20(2)12-32(28)92(80,81)82/h3-18,65-66H,1-2H3,(H,61,67)(H,62,68)(H,71,72,73)(H,74,75,76)(H,77,78,79)(H,80,81,82)(H,83,84,85)(H,86,87,88)(H3,49,51,53,55,63,69)(H3,50,52,54,56,64,70). The number of carbonyl (C=O) groups is 2. The molecule has 0 saturated heterocycles. The van der Waals surface area contributed by atoms with Gasteiger partial charge in [-0.3, -0.25) is 68.6 Å². The number of phenolic OH excluding ortho intramolecular Hbond substituents is 2. The number of azo groups is 2. The van der Waals surface area contributed by atoms with E-state index in [1.807, 2.05) is 0 Å². The van der Waals surface area contributed by atoms with Gasteiger partial charge >= 0.3 is 11.4 Å². The quantitative estimate of drug-likeness (QED) is 0.0287. The van der Waals surface area contributed by atoms with E-state index < -0.39 is 204 Å². The second kappa shape index (κ2) is 24.9. The van der Waals surface area contributed by atoms with Crippen molar-refractivity contribution in [3.05, 3.63) is 140 Å². The molecule has 490 valence electrons. The molecule has 0 aliphatic carbocycles. The molecule has 2 amide bonds. The summed E-state index contributed by atoms with van der Waals surface area (Å²) in [5.74, 6) is -7.10. The number of H-pyrrole nitrogens is 2. The third kappa shape index (κ3) is 15.2. The highest BCUT2D eigenvalue weighted by molar-refractivity contribution is 7.87. The lowest BCUT2D eigenvalue weighted by atomic mass is 10.1. The number of nitrogens with zero attached hydrogens (tertiary/aromatic N) is 8. The monoisotopic (exact) mass is 1410 g/mol. The van der Waals surface area contributed by atoms with E-state index in [2.05, 4.69) is 82.7 Å². The van der Waals surface area contributed by atoms with Crippen molar-refractivity contribution in [1.29, 1.82) is 0 Å². The summed E-state index contributed by atoms with van der Waals surface area (Å²) < 4.78 is 208. The number of aromatic hydroxyl groups is 2. The lowest BCUT2D eigenvalue weighted by molar-refractivity contribution is 0.0950. The minimum Gasteiger partial charge on any atom is -0.505 e. The van der Waals surface area contributed by atoms with Gasteiger partial charge in [0.05, 0.1) is 21.2 Å². The van der Waals surface area contributed by atoms with Gasteiger partial charge in [-0.25, -0.2) is 9.59 Å². The maximum atomic E-state index is 13.2. The number of phenols is 2. The summed E-state index contributed by atoms with van der Waals surface area (Å²) in [4.78, 5) is 65.3. The van der Waals surface area contributed by atoms with Crippen LogP contribution in [-0.2, 0) is 60.7 Å². The second-order valence-corrected chi connectivity index (χ2v) is 27.5. The number of hydrogen-bond donors (Lipinski definition) is 16. The van der Waals surface area contributed by atoms with Crippen LogP contribution < -0.4 is 43.7 Å². The Morgan fingerprint density at radius 1 is 0.426 bits per heavy atom. The van der Waals surface area contributed by atoms with Crippen molar-refractivity contribution in [1.82, 2.24) is 40.8 Å². The van der Waals surface area contributed by atoms with Crippen LogP contribution in [0.5, 0.6) is 11.5 Å². The van der Waals surface area contributed by atoms with Crippen molar-refractivity contribution < 1.29 is 97.6 Å². The van der Waals surface area contributed by atoms with Crippen LogP contribution in [0.1, 0.15) is 31.8 Å². The minimum atomic E-state index is -5.42. The van der Waals surface area contributed by atoms with E-state index >= 15 is 0 Å². The topological polar surface area (TPSA) is 640 Å². The van der Waals surface area contributed by atoms with Crippen LogP contribution in [0.15, 0.2) is 156 Å². The number of aromatic amines is 2. The van der Waals surface area contributed by atoms with Crippen molar-refractivity contribution in [2.24, 2.45) is 20.5 Å². The zero-order valence-electron chi connectivity index (χ0n) is 46.4. The average Bonchev–Trinajstić information content (AvgIpc) is 0.757. The van der Waals surface area contributed by atoms with Crippen molar-refractivity contribution in [2.45, 2.75) is 43.2 Å². The molecule has 16 N–H and O–H groups in total. The Morgan fingerprint density at radius 3 is 1.09 bits per heavy atom. The molecule has 40 nitrogen and oxygen atoms in total. The molecule has 7 aromatic carbocycles. The molecule has 0 radical (unpaired) electrons. The summed E-state index contributed by atoms with van der Waals surface area (Å²) in [6.45, 7) is 2.90. The molecule has 94 heavy (non-hydrogen) atoms. The van der Waals surface area contributed by atoms with Crippen LogP contribution in [0.4, 0.5) is 57.9 Å². The Bertz CT molecular complexity index is 5320. The van der Waals surface area contributed by atoms with Crippen LogP contribution in [0, 0.1) is 13.8 Å². The molecule has 9 rings (SSSR count). The minimum absolute atomic E-state index is 0.190. The van der Waals surface area contributed by atoms with Gasteiger partial charge in [0.1, 0.15) is 42.3 Å². The van der Waals surface area contributed by atoms with Crippen LogP contribution in [0.3, 0.4) is 0 Å². The molecule has 0 bridgehead atoms. The van der Waals surface area contributed by atoms with Crippen LogP contribution >= 0.6 is 0 Å². The highest BCUT2D eigenvalue weighted by atomic mass is 32.2. The van der Waals surface area contributed by atoms with Gasteiger partial charge in [-0.2, -0.15) is 70.4 Å². The first kappa shape index (κ1) is 67.5. The SMILES string of the molecule is Cc1ccc(N=Nc2c(S(=O)(=O)O)cc3cc(S(=O)(=O)O)cc(Nc4nc(NNC(=O)c5ccc(C(=O)NNc6nc(Nc7cc(S(=O)(=O)O)cc8cc(S(=O)(=O)O)c(N=Nc9ccc(C)cc9S(=O)(=O)O)c(O)c78)[nH]c(=O)n6)cc5)nc(=O)[nH]4)c3c2O)c(S(=O)(=O)O)c1. The number of hydrogen-bond acceptors (Lipinski definition) is 30. The van der Waals surface area contributed by atoms with Gasteiger partial charge in [0.15, 0.2) is 11.5 Å². The van der Waals surface area contributed by atoms with E-state index in [1.54, 1.807) is 0 Å². The van der Waals surface area contributed by atoms with Gasteiger partial charge in [-0.15, -0.1) is 20.5 Å². The smallest absolute Gasteiger partial charge is 0.351 e. The second-order valence-electron chi connectivity index (χ2n) is 19.1. The van der Waals surface area contributed by atoms with Crippen LogP contribution in [-0.4, -0.2) is 130 Å². The van der Waals surface area contributed by atoms with Gasteiger partial charge < -0.3 is 20.8 Å². The van der Waals surface area contributed by atoms with E-state index in [9.17, 15) is 107 Å². The number of hydrazine groups is 2. The Labute approximate surface area is 524 Å². The highest BCUT2D eigenvalue weighted by Crippen LogP contribution is 2.48. The van der Waals surface area contributed by atoms with Crippen molar-refractivity contribution in [3.63, 3.8) is 0 Å². The fourth-order valence-electron chi connectivity index (χ4n) is 8.43.